The van der Waals surface area contributed by atoms with Crippen molar-refractivity contribution in [2.45, 2.75) is 26.3 Å². The van der Waals surface area contributed by atoms with Crippen molar-refractivity contribution in [2.75, 3.05) is 0 Å². The number of aryl methyl sites for hydroxylation is 3. The zero-order chi connectivity index (χ0) is 19.7. The van der Waals surface area contributed by atoms with E-state index in [2.05, 4.69) is 15.4 Å². The van der Waals surface area contributed by atoms with Gasteiger partial charge in [-0.3, -0.25) is 19.4 Å². The number of hydrogen-bond acceptors (Lipinski definition) is 4. The predicted molar refractivity (Wildman–Crippen MR) is 99.5 cm³/mol. The smallest absolute Gasteiger partial charge is 0.330 e. The third-order valence-electron chi connectivity index (χ3n) is 4.60. The molecule has 8 nitrogen and oxygen atoms in total. The topological polar surface area (TPSA) is 117 Å². The van der Waals surface area contributed by atoms with Crippen LogP contribution in [-0.2, 0) is 23.1 Å². The number of rotatable bonds is 5. The molecule has 2 aromatic heterocycles. The number of nitrogens with zero attached hydrogens (tertiary/aromatic N) is 2. The Morgan fingerprint density at radius 2 is 1.93 bits per heavy atom. The van der Waals surface area contributed by atoms with Crippen LogP contribution in [0.4, 0.5) is 0 Å². The molecule has 0 spiro atoms. The van der Waals surface area contributed by atoms with Crippen LogP contribution in [-0.4, -0.2) is 31.7 Å². The van der Waals surface area contributed by atoms with Crippen molar-refractivity contribution in [3.05, 3.63) is 63.1 Å². The second-order valence-corrected chi connectivity index (χ2v) is 6.43. The van der Waals surface area contributed by atoms with Crippen molar-refractivity contribution in [3.8, 4) is 0 Å². The van der Waals surface area contributed by atoms with Crippen molar-refractivity contribution >= 4 is 22.9 Å². The molecule has 8 heteroatoms. The highest BCUT2D eigenvalue weighted by Crippen LogP contribution is 2.21. The van der Waals surface area contributed by atoms with Crippen LogP contribution < -0.4 is 10.9 Å². The van der Waals surface area contributed by atoms with E-state index in [-0.39, 0.29) is 12.0 Å². The number of carboxylic acids is 1. The molecule has 27 heavy (non-hydrogen) atoms. The number of carboxylic acid groups (broad SMARTS) is 1. The second-order valence-electron chi connectivity index (χ2n) is 6.43. The van der Waals surface area contributed by atoms with Crippen LogP contribution in [0.2, 0.25) is 0 Å². The number of fused-ring (bicyclic) bond motifs is 1. The Balaban J connectivity index is 1.91. The molecular formula is C19H20N4O4. The van der Waals surface area contributed by atoms with Crippen molar-refractivity contribution < 1.29 is 14.7 Å². The first-order chi connectivity index (χ1) is 12.8. The minimum absolute atomic E-state index is 0.0639. The first-order valence-electron chi connectivity index (χ1n) is 8.41. The normalized spacial score (nSPS) is 12.1. The van der Waals surface area contributed by atoms with Crippen LogP contribution in [0.5, 0.6) is 0 Å². The van der Waals surface area contributed by atoms with E-state index < -0.39 is 17.9 Å². The van der Waals surface area contributed by atoms with E-state index in [1.54, 1.807) is 51.2 Å². The molecule has 0 aliphatic heterocycles. The molecule has 0 aliphatic carbocycles. The lowest BCUT2D eigenvalue weighted by molar-refractivity contribution is -0.141. The molecule has 0 fully saturated rings. The molecule has 0 saturated heterocycles. The number of amides is 1. The summed E-state index contributed by atoms with van der Waals surface area (Å²) < 4.78 is 1.54. The van der Waals surface area contributed by atoms with Gasteiger partial charge < -0.3 is 10.4 Å². The fraction of sp³-hybridized carbons (Fsp3) is 0.263. The monoisotopic (exact) mass is 368 g/mol. The second kappa shape index (κ2) is 7.06. The van der Waals surface area contributed by atoms with Gasteiger partial charge in [0.1, 0.15) is 0 Å². The number of hydrogen-bond donors (Lipinski definition) is 3. The standard InChI is InChI=1S/C19H20N4O4/c1-10-13(11(2)20-17-15(10)18(25)22-23(17)3)9-14(24)21-16(19(26)27)12-7-5-4-6-8-12/h4-8,16H,9H2,1-3H3,(H,21,24)(H,22,25)(H,26,27)/t16-/m1/s1. The Labute approximate surface area is 154 Å². The number of carbonyl (C=O) groups is 2. The molecule has 3 aromatic rings. The number of aliphatic carboxylic acids is 1. The van der Waals surface area contributed by atoms with Gasteiger partial charge >= 0.3 is 5.97 Å². The van der Waals surface area contributed by atoms with Gasteiger partial charge in [0.05, 0.1) is 11.8 Å². The molecule has 3 N–H and O–H groups in total. The number of pyridine rings is 1. The predicted octanol–water partition coefficient (Wildman–Crippen LogP) is 1.36. The first-order valence-corrected chi connectivity index (χ1v) is 8.41. The van der Waals surface area contributed by atoms with E-state index in [0.717, 1.165) is 0 Å². The lowest BCUT2D eigenvalue weighted by Gasteiger charge is -2.16. The summed E-state index contributed by atoms with van der Waals surface area (Å²) >= 11 is 0. The van der Waals surface area contributed by atoms with Gasteiger partial charge in [-0.1, -0.05) is 30.3 Å². The van der Waals surface area contributed by atoms with E-state index in [1.807, 2.05) is 0 Å². The van der Waals surface area contributed by atoms with E-state index in [4.69, 9.17) is 0 Å². The molecule has 1 amide bonds. The van der Waals surface area contributed by atoms with Gasteiger partial charge in [0.15, 0.2) is 11.7 Å². The summed E-state index contributed by atoms with van der Waals surface area (Å²) in [5, 5.41) is 15.1. The molecule has 0 saturated carbocycles. The average Bonchev–Trinajstić information content (AvgIpc) is 2.90. The number of benzene rings is 1. The fourth-order valence-electron chi connectivity index (χ4n) is 3.21. The van der Waals surface area contributed by atoms with Crippen molar-refractivity contribution in [2.24, 2.45) is 7.05 Å². The lowest BCUT2D eigenvalue weighted by atomic mass is 10.0. The number of aromatic amines is 1. The number of carbonyl (C=O) groups excluding carboxylic acids is 1. The van der Waals surface area contributed by atoms with Crippen LogP contribution in [0.1, 0.15) is 28.4 Å². The highest BCUT2D eigenvalue weighted by molar-refractivity contribution is 5.88. The van der Waals surface area contributed by atoms with Gasteiger partial charge in [0.2, 0.25) is 5.91 Å². The van der Waals surface area contributed by atoms with Crippen LogP contribution in [0.15, 0.2) is 35.1 Å². The van der Waals surface area contributed by atoms with E-state index in [9.17, 15) is 19.5 Å². The third-order valence-corrected chi connectivity index (χ3v) is 4.60. The first kappa shape index (κ1) is 18.4. The van der Waals surface area contributed by atoms with Gasteiger partial charge in [0, 0.05) is 12.7 Å². The molecule has 0 aliphatic rings. The quantitative estimate of drug-likeness (QED) is 0.629. The number of nitrogens with one attached hydrogen (secondary N) is 2. The van der Waals surface area contributed by atoms with Gasteiger partial charge in [-0.25, -0.2) is 9.78 Å². The number of H-pyrrole nitrogens is 1. The summed E-state index contributed by atoms with van der Waals surface area (Å²) in [7, 11) is 1.69. The van der Waals surface area contributed by atoms with Crippen LogP contribution >= 0.6 is 0 Å². The molecule has 3 rings (SSSR count). The fourth-order valence-corrected chi connectivity index (χ4v) is 3.21. The Bertz CT molecular complexity index is 1080. The average molecular weight is 368 g/mol. The largest absolute Gasteiger partial charge is 0.479 e. The molecule has 0 unspecified atom stereocenters. The van der Waals surface area contributed by atoms with E-state index >= 15 is 0 Å². The summed E-state index contributed by atoms with van der Waals surface area (Å²) in [6.07, 6.45) is -0.0639. The Kier molecular flexibility index (Phi) is 4.81. The minimum atomic E-state index is -1.14. The summed E-state index contributed by atoms with van der Waals surface area (Å²) in [5.41, 5.74) is 2.64. The summed E-state index contributed by atoms with van der Waals surface area (Å²) in [4.78, 5) is 40.7. The third kappa shape index (κ3) is 3.46. The summed E-state index contributed by atoms with van der Waals surface area (Å²) in [6, 6.07) is 7.35. The Morgan fingerprint density at radius 1 is 1.26 bits per heavy atom. The van der Waals surface area contributed by atoms with Crippen molar-refractivity contribution in [1.29, 1.82) is 0 Å². The van der Waals surface area contributed by atoms with Gasteiger partial charge in [-0.05, 0) is 30.5 Å². The van der Waals surface area contributed by atoms with Crippen molar-refractivity contribution in [1.82, 2.24) is 20.1 Å². The Hall–Kier alpha value is -3.42. The molecule has 1 aromatic carbocycles. The minimum Gasteiger partial charge on any atom is -0.479 e. The maximum Gasteiger partial charge on any atom is 0.330 e. The SMILES string of the molecule is Cc1nc2c(c(C)c1CC(=O)N[C@@H](C(=O)O)c1ccccc1)c(=O)[nH]n2C. The van der Waals surface area contributed by atoms with Gasteiger partial charge in [-0.2, -0.15) is 0 Å². The summed E-state index contributed by atoms with van der Waals surface area (Å²) in [6.45, 7) is 3.53. The lowest BCUT2D eigenvalue weighted by Crippen LogP contribution is -2.35. The Morgan fingerprint density at radius 3 is 2.56 bits per heavy atom. The number of aromatic nitrogens is 3. The molecule has 0 bridgehead atoms. The van der Waals surface area contributed by atoms with E-state index in [1.165, 1.54) is 4.68 Å². The zero-order valence-electron chi connectivity index (χ0n) is 15.2. The molecule has 140 valence electrons. The zero-order valence-corrected chi connectivity index (χ0v) is 15.2. The summed E-state index contributed by atoms with van der Waals surface area (Å²) in [5.74, 6) is -1.60. The molecule has 0 radical (unpaired) electrons. The van der Waals surface area contributed by atoms with E-state index in [0.29, 0.717) is 33.4 Å². The highest BCUT2D eigenvalue weighted by Gasteiger charge is 2.23. The van der Waals surface area contributed by atoms with Crippen molar-refractivity contribution in [3.63, 3.8) is 0 Å². The highest BCUT2D eigenvalue weighted by atomic mass is 16.4. The molecular weight excluding hydrogens is 348 g/mol. The van der Waals surface area contributed by atoms with Crippen LogP contribution in [0.25, 0.3) is 11.0 Å². The maximum atomic E-state index is 12.5. The van der Waals surface area contributed by atoms with Gasteiger partial charge in [-0.15, -0.1) is 0 Å². The van der Waals surface area contributed by atoms with Crippen LogP contribution in [0.3, 0.4) is 0 Å². The maximum absolute atomic E-state index is 12.5. The van der Waals surface area contributed by atoms with Gasteiger partial charge in [0.25, 0.3) is 5.56 Å². The molecule has 2 heterocycles. The van der Waals surface area contributed by atoms with Crippen LogP contribution in [0, 0.1) is 13.8 Å². The molecule has 1 atom stereocenters.